The van der Waals surface area contributed by atoms with Crippen LogP contribution in [0.5, 0.6) is 11.5 Å². The summed E-state index contributed by atoms with van der Waals surface area (Å²) in [7, 11) is 0. The molecule has 4 aromatic carbocycles. The smallest absolute Gasteiger partial charge is 0.509 e. The predicted molar refractivity (Wildman–Crippen MR) is 192 cm³/mol. The molecule has 3 heterocycles. The number of ether oxygens (including phenoxy) is 1. The van der Waals surface area contributed by atoms with Gasteiger partial charge in [0.1, 0.15) is 5.82 Å². The Morgan fingerprint density at radius 3 is 2.27 bits per heavy atom. The predicted octanol–water partition coefficient (Wildman–Crippen LogP) is 10.8. The summed E-state index contributed by atoms with van der Waals surface area (Å²) in [6.07, 6.45) is 1.90. The number of aromatic nitrogens is 4. The van der Waals surface area contributed by atoms with Crippen LogP contribution in [0.25, 0.3) is 44.4 Å². The van der Waals surface area contributed by atoms with E-state index in [4.69, 9.17) is 14.8 Å². The number of fused-ring (bicyclic) bond motifs is 3. The van der Waals surface area contributed by atoms with E-state index in [1.54, 1.807) is 0 Å². The maximum atomic E-state index is 6.59. The van der Waals surface area contributed by atoms with Crippen LogP contribution in [0.1, 0.15) is 68.6 Å². The molecule has 7 rings (SSSR count). The number of para-hydroxylation sites is 1. The van der Waals surface area contributed by atoms with Crippen molar-refractivity contribution in [1.82, 2.24) is 19.3 Å². The van der Waals surface area contributed by atoms with E-state index in [2.05, 4.69) is 151 Å². The van der Waals surface area contributed by atoms with Gasteiger partial charge < -0.3 is 9.30 Å². The van der Waals surface area contributed by atoms with Gasteiger partial charge in [-0.25, -0.2) is 4.98 Å². The van der Waals surface area contributed by atoms with Crippen molar-refractivity contribution in [2.24, 2.45) is 0 Å². The number of benzene rings is 4. The van der Waals surface area contributed by atoms with Gasteiger partial charge in [-0.2, -0.15) is 11.2 Å². The van der Waals surface area contributed by atoms with Crippen LogP contribution in [0.2, 0.25) is 0 Å². The van der Waals surface area contributed by atoms with Crippen LogP contribution >= 0.6 is 0 Å². The zero-order valence-electron chi connectivity index (χ0n) is 28.8. The summed E-state index contributed by atoms with van der Waals surface area (Å²) in [4.78, 5) is 4.82. The molecule has 3 aromatic heterocycles. The van der Waals surface area contributed by atoms with Gasteiger partial charge in [0, 0.05) is 34.5 Å². The normalized spacial score (nSPS) is 11.8. The van der Waals surface area contributed by atoms with Crippen LogP contribution in [-0.2, 0) is 26.5 Å². The maximum absolute atomic E-state index is 6.59. The zero-order valence-corrected chi connectivity index (χ0v) is 31.0. The Hall–Kier alpha value is -4.47. The molecular weight excluding hydrogens is 772 g/mol. The first-order chi connectivity index (χ1) is 22.5. The number of hydrogen-bond acceptors (Lipinski definition) is 3. The molecule has 0 aliphatic carbocycles. The van der Waals surface area contributed by atoms with Crippen LogP contribution < -0.4 is 4.74 Å². The summed E-state index contributed by atoms with van der Waals surface area (Å²) in [6.45, 7) is 17.3. The second-order valence-corrected chi connectivity index (χ2v) is 13.8. The van der Waals surface area contributed by atoms with Gasteiger partial charge >= 0.3 is 21.1 Å². The van der Waals surface area contributed by atoms with E-state index < -0.39 is 0 Å². The molecule has 0 unspecified atom stereocenters. The molecule has 0 spiro atoms. The van der Waals surface area contributed by atoms with Crippen LogP contribution in [0, 0.1) is 32.9 Å². The Bertz CT molecular complexity index is 2270. The SMILES string of the molecule is Cc1ccc(-c2c(C)nn(-c3[c-]c(Oc4[c-]c5c(cc4)c4ccccc4n5-c4cc(C(C)(C)C)ccn4)cc(C(C)C)c3)c2C)cc1.[Pt+2]. The van der Waals surface area contributed by atoms with E-state index in [9.17, 15) is 0 Å². The minimum Gasteiger partial charge on any atom is -0.509 e. The zero-order chi connectivity index (χ0) is 33.0. The van der Waals surface area contributed by atoms with Crippen molar-refractivity contribution in [2.45, 2.75) is 66.7 Å². The standard InChI is InChI=1S/C42H40N4O.Pt/c1-26(2)31-21-33(46-29(5)41(28(4)44-46)30-15-13-27(3)14-16-30)24-35(22-31)47-34-17-18-37-36-11-9-10-12-38(36)45(39(37)25-34)40-23-32(19-20-43-40)42(6,7)8;/h9-23,26H,1-8H3;/q-2;+2. The largest absolute Gasteiger partial charge is 2.00 e. The molecule has 0 aliphatic heterocycles. The summed E-state index contributed by atoms with van der Waals surface area (Å²) in [5.41, 5.74) is 10.8. The third kappa shape index (κ3) is 6.13. The first-order valence-corrected chi connectivity index (χ1v) is 16.3. The van der Waals surface area contributed by atoms with Gasteiger partial charge in [-0.05, 0) is 72.5 Å². The topological polar surface area (TPSA) is 44.9 Å². The summed E-state index contributed by atoms with van der Waals surface area (Å²) >= 11 is 0. The molecule has 5 nitrogen and oxygen atoms in total. The third-order valence-electron chi connectivity index (χ3n) is 9.00. The first kappa shape index (κ1) is 33.4. The van der Waals surface area contributed by atoms with Crippen molar-refractivity contribution in [3.63, 3.8) is 0 Å². The molecule has 0 bridgehead atoms. The van der Waals surface area contributed by atoms with Crippen molar-refractivity contribution in [3.05, 3.63) is 131 Å². The molecule has 0 fully saturated rings. The number of nitrogens with zero attached hydrogens (tertiary/aromatic N) is 4. The molecule has 7 aromatic rings. The quantitative estimate of drug-likeness (QED) is 0.157. The Kier molecular flexibility index (Phi) is 8.95. The number of aryl methyl sites for hydroxylation is 2. The average Bonchev–Trinajstić information content (AvgIpc) is 3.53. The molecule has 0 saturated heterocycles. The number of hydrogen-bond donors (Lipinski definition) is 0. The average molecular weight is 812 g/mol. The molecule has 6 heteroatoms. The summed E-state index contributed by atoms with van der Waals surface area (Å²) in [5.74, 6) is 2.39. The van der Waals surface area contributed by atoms with Crippen LogP contribution in [0.15, 0.2) is 91.1 Å². The molecule has 0 atom stereocenters. The van der Waals surface area contributed by atoms with E-state index in [1.165, 1.54) is 11.1 Å². The molecule has 48 heavy (non-hydrogen) atoms. The molecule has 0 amide bonds. The van der Waals surface area contributed by atoms with E-state index >= 15 is 0 Å². The van der Waals surface area contributed by atoms with Crippen molar-refractivity contribution < 1.29 is 25.8 Å². The van der Waals surface area contributed by atoms with Crippen LogP contribution in [-0.4, -0.2) is 19.3 Å². The fourth-order valence-electron chi connectivity index (χ4n) is 6.36. The van der Waals surface area contributed by atoms with Gasteiger partial charge in [0.25, 0.3) is 0 Å². The Morgan fingerprint density at radius 2 is 1.54 bits per heavy atom. The van der Waals surface area contributed by atoms with E-state index in [0.29, 0.717) is 11.5 Å². The van der Waals surface area contributed by atoms with Gasteiger partial charge in [0.2, 0.25) is 0 Å². The molecular formula is C42H40N4OPt. The van der Waals surface area contributed by atoms with E-state index in [-0.39, 0.29) is 32.4 Å². The van der Waals surface area contributed by atoms with Crippen molar-refractivity contribution in [3.8, 4) is 34.1 Å². The maximum Gasteiger partial charge on any atom is 2.00 e. The molecule has 0 radical (unpaired) electrons. The van der Waals surface area contributed by atoms with E-state index in [1.807, 2.05) is 16.9 Å². The third-order valence-corrected chi connectivity index (χ3v) is 9.00. The minimum absolute atomic E-state index is 0. The summed E-state index contributed by atoms with van der Waals surface area (Å²) in [5, 5.41) is 7.22. The minimum atomic E-state index is -0.00419. The fourth-order valence-corrected chi connectivity index (χ4v) is 6.36. The van der Waals surface area contributed by atoms with Crippen molar-refractivity contribution in [2.75, 3.05) is 0 Å². The van der Waals surface area contributed by atoms with Gasteiger partial charge in [-0.1, -0.05) is 88.2 Å². The summed E-state index contributed by atoms with van der Waals surface area (Å²) in [6, 6.07) is 36.8. The van der Waals surface area contributed by atoms with Gasteiger partial charge in [-0.15, -0.1) is 41.3 Å². The monoisotopic (exact) mass is 811 g/mol. The molecule has 0 aliphatic rings. The molecule has 0 saturated carbocycles. The second kappa shape index (κ2) is 12.9. The first-order valence-electron chi connectivity index (χ1n) is 16.3. The van der Waals surface area contributed by atoms with Crippen LogP contribution in [0.3, 0.4) is 0 Å². The van der Waals surface area contributed by atoms with Gasteiger partial charge in [-0.3, -0.25) is 4.68 Å². The summed E-state index contributed by atoms with van der Waals surface area (Å²) < 4.78 is 10.8. The Morgan fingerprint density at radius 1 is 0.792 bits per heavy atom. The van der Waals surface area contributed by atoms with Crippen LogP contribution in [0.4, 0.5) is 0 Å². The van der Waals surface area contributed by atoms with Crippen molar-refractivity contribution in [1.29, 1.82) is 0 Å². The molecule has 0 N–H and O–H groups in total. The van der Waals surface area contributed by atoms with E-state index in [0.717, 1.165) is 61.4 Å². The number of pyridine rings is 1. The van der Waals surface area contributed by atoms with Gasteiger partial charge in [0.05, 0.1) is 5.69 Å². The van der Waals surface area contributed by atoms with Crippen molar-refractivity contribution >= 4 is 21.8 Å². The van der Waals surface area contributed by atoms with Gasteiger partial charge in [0.15, 0.2) is 0 Å². The number of rotatable bonds is 6. The molecule has 244 valence electrons. The second-order valence-electron chi connectivity index (χ2n) is 13.8. The Balaban J connectivity index is 0.00000401. The Labute approximate surface area is 297 Å². The fraction of sp³-hybridized carbons (Fsp3) is 0.238.